The van der Waals surface area contributed by atoms with Crippen LogP contribution < -0.4 is 0 Å². The third-order valence-corrected chi connectivity index (χ3v) is 16.6. The first-order chi connectivity index (χ1) is 37.1. The molecular weight excluding hydrogens is 909 g/mol. The minimum atomic E-state index is 0.223. The van der Waals surface area contributed by atoms with E-state index in [1.54, 1.807) is 0 Å². The lowest BCUT2D eigenvalue weighted by molar-refractivity contribution is 0.690. The lowest BCUT2D eigenvalue weighted by atomic mass is 9.78. The molecule has 0 saturated carbocycles. The quantitative estimate of drug-likeness (QED) is 0.158. The number of hydrogen-bond acceptors (Lipinski definition) is 0. The highest BCUT2D eigenvalue weighted by Crippen LogP contribution is 2.46. The molecule has 2 atom stereocenters. The molecule has 2 aliphatic rings. The summed E-state index contributed by atoms with van der Waals surface area (Å²) in [6.45, 7) is 2.32. The second-order valence-corrected chi connectivity index (χ2v) is 20.9. The van der Waals surface area contributed by atoms with Crippen LogP contribution in [-0.2, 0) is 12.8 Å². The Morgan fingerprint density at radius 2 is 1.00 bits per heavy atom. The Hall–Kier alpha value is -9.38. The monoisotopic (exact) mass is 958 g/mol. The lowest BCUT2D eigenvalue weighted by Gasteiger charge is -2.26. The molecule has 0 fully saturated rings. The minimum absolute atomic E-state index is 0.223. The maximum Gasteiger partial charge on any atom is 0.0641 e. The number of allylic oxidation sites excluding steroid dienone is 2. The topological polar surface area (TPSA) is 19.7 Å². The van der Waals surface area contributed by atoms with Crippen molar-refractivity contribution in [3.63, 3.8) is 0 Å². The highest BCUT2D eigenvalue weighted by Gasteiger charge is 2.27. The predicted molar refractivity (Wildman–Crippen MR) is 316 cm³/mol. The summed E-state index contributed by atoms with van der Waals surface area (Å²) in [5.74, 6) is 0.700. The fraction of sp³-hybridized carbons (Fsp3) is 0.0704. The normalized spacial score (nSPS) is 15.3. The average Bonchev–Trinajstić information content (AvgIpc) is 4.26. The number of fused-ring (bicyclic) bond motifs is 16. The zero-order valence-electron chi connectivity index (χ0n) is 41.5. The number of rotatable bonds is 6. The zero-order chi connectivity index (χ0) is 49.3. The van der Waals surface area contributed by atoms with E-state index in [0.29, 0.717) is 5.92 Å². The fourth-order valence-corrected chi connectivity index (χ4v) is 13.4. The molecule has 4 aromatic heterocycles. The van der Waals surface area contributed by atoms with E-state index < -0.39 is 0 Å². The summed E-state index contributed by atoms with van der Waals surface area (Å²) in [4.78, 5) is 0. The standard InChI is InChI=1S/C71H50N4/c1-45-33-36-58-55-25-7-11-29-63(55)74(68(58)39-45)51-21-16-22-52(43-51)75-65-31-13-8-26-56(65)59-37-38-67-70(71(59)75)60-28-10-14-32-66(60)73(67)50-20-15-17-46(40-50)34-35-47-41-48-42-62-57-27-9-12-30-64(57)72(49-18-3-2-4-19-49)69(62)44-61(48)54-24-6-5-23-53(47)54/h2-38,40,42-45,47H,39,41H2,1H3/b35-34+. The molecule has 2 unspecified atom stereocenters. The van der Waals surface area contributed by atoms with Crippen LogP contribution in [0.5, 0.6) is 0 Å². The summed E-state index contributed by atoms with van der Waals surface area (Å²) in [7, 11) is 0. The zero-order valence-corrected chi connectivity index (χ0v) is 41.5. The second-order valence-electron chi connectivity index (χ2n) is 20.9. The maximum atomic E-state index is 2.53. The number of para-hydroxylation sites is 5. The van der Waals surface area contributed by atoms with Gasteiger partial charge >= 0.3 is 0 Å². The summed E-state index contributed by atoms with van der Waals surface area (Å²) in [5, 5.41) is 8.90. The van der Waals surface area contributed by atoms with Crippen LogP contribution >= 0.6 is 0 Å². The SMILES string of the molecule is CC1C=Cc2c(n(-c3cccc(-n4c5ccccc5c5ccc6c(c7ccccc7n6-c6cccc(/C=C/C7Cc8cc9c%10ccccc%10n(-c%10ccccc%10)c9cc8-c8ccccc87)c6)c54)c3)c3ccccc23)C1. The molecule has 354 valence electrons. The predicted octanol–water partition coefficient (Wildman–Crippen LogP) is 18.1. The molecule has 10 aromatic carbocycles. The van der Waals surface area contributed by atoms with Gasteiger partial charge < -0.3 is 18.3 Å². The second kappa shape index (κ2) is 16.3. The Kier molecular flexibility index (Phi) is 9.17. The highest BCUT2D eigenvalue weighted by molar-refractivity contribution is 6.26. The minimum Gasteiger partial charge on any atom is -0.313 e. The first-order valence-corrected chi connectivity index (χ1v) is 26.5. The Balaban J connectivity index is 0.821. The molecular formula is C71H50N4. The van der Waals surface area contributed by atoms with Gasteiger partial charge in [-0.1, -0.05) is 171 Å². The van der Waals surface area contributed by atoms with Crippen LogP contribution in [0, 0.1) is 5.92 Å². The van der Waals surface area contributed by atoms with Gasteiger partial charge in [-0.3, -0.25) is 0 Å². The summed E-state index contributed by atoms with van der Waals surface area (Å²) >= 11 is 0. The van der Waals surface area contributed by atoms with Crippen molar-refractivity contribution in [3.05, 3.63) is 265 Å². The molecule has 0 N–H and O–H groups in total. The number of benzene rings is 10. The van der Waals surface area contributed by atoms with E-state index in [2.05, 4.69) is 274 Å². The van der Waals surface area contributed by atoms with Crippen LogP contribution in [-0.4, -0.2) is 18.3 Å². The summed E-state index contributed by atoms with van der Waals surface area (Å²) in [6, 6.07) is 83.5. The number of nitrogens with zero attached hydrogens (tertiary/aromatic N) is 4. The van der Waals surface area contributed by atoms with E-state index in [1.165, 1.54) is 127 Å². The van der Waals surface area contributed by atoms with Gasteiger partial charge in [0.1, 0.15) is 0 Å². The van der Waals surface area contributed by atoms with Crippen molar-refractivity contribution in [2.45, 2.75) is 25.7 Å². The van der Waals surface area contributed by atoms with E-state index >= 15 is 0 Å². The van der Waals surface area contributed by atoms with Gasteiger partial charge in [-0.25, -0.2) is 0 Å². The molecule has 16 rings (SSSR count). The van der Waals surface area contributed by atoms with E-state index in [4.69, 9.17) is 0 Å². The molecule has 4 heteroatoms. The molecule has 14 aromatic rings. The van der Waals surface area contributed by atoms with Crippen molar-refractivity contribution in [1.82, 2.24) is 18.3 Å². The Morgan fingerprint density at radius 1 is 0.400 bits per heavy atom. The Bertz CT molecular complexity index is 4740. The van der Waals surface area contributed by atoms with Crippen molar-refractivity contribution in [2.75, 3.05) is 0 Å². The van der Waals surface area contributed by atoms with Crippen molar-refractivity contribution < 1.29 is 0 Å². The largest absolute Gasteiger partial charge is 0.313 e. The van der Waals surface area contributed by atoms with Gasteiger partial charge in [0.05, 0.1) is 38.6 Å². The van der Waals surface area contributed by atoms with Crippen molar-refractivity contribution >= 4 is 88.5 Å². The number of aromatic nitrogens is 4. The van der Waals surface area contributed by atoms with Crippen molar-refractivity contribution in [1.29, 1.82) is 0 Å². The molecule has 4 heterocycles. The van der Waals surface area contributed by atoms with Crippen LogP contribution in [0.3, 0.4) is 0 Å². The number of hydrogen-bond donors (Lipinski definition) is 0. The molecule has 0 saturated heterocycles. The van der Waals surface area contributed by atoms with Gasteiger partial charge in [-0.05, 0) is 132 Å². The summed E-state index contributed by atoms with van der Waals surface area (Å²) < 4.78 is 9.96. The van der Waals surface area contributed by atoms with Crippen LogP contribution in [0.25, 0.3) is 122 Å². The van der Waals surface area contributed by atoms with Crippen molar-refractivity contribution in [2.24, 2.45) is 5.92 Å². The fourth-order valence-electron chi connectivity index (χ4n) is 13.4. The van der Waals surface area contributed by atoms with Crippen LogP contribution in [0.4, 0.5) is 0 Å². The molecule has 0 spiro atoms. The molecule has 0 amide bonds. The van der Waals surface area contributed by atoms with Crippen LogP contribution in [0.15, 0.2) is 237 Å². The van der Waals surface area contributed by atoms with E-state index in [1.807, 2.05) is 0 Å². The lowest BCUT2D eigenvalue weighted by Crippen LogP contribution is -2.09. The summed E-state index contributed by atoms with van der Waals surface area (Å²) in [6.07, 6.45) is 11.5. The van der Waals surface area contributed by atoms with E-state index in [-0.39, 0.29) is 5.92 Å². The Morgan fingerprint density at radius 3 is 1.80 bits per heavy atom. The van der Waals surface area contributed by atoms with Gasteiger partial charge in [0.2, 0.25) is 0 Å². The highest BCUT2D eigenvalue weighted by atomic mass is 15.0. The molecule has 75 heavy (non-hydrogen) atoms. The smallest absolute Gasteiger partial charge is 0.0641 e. The Labute approximate surface area is 434 Å². The van der Waals surface area contributed by atoms with Gasteiger partial charge in [-0.2, -0.15) is 0 Å². The van der Waals surface area contributed by atoms with E-state index in [9.17, 15) is 0 Å². The average molecular weight is 959 g/mol. The molecule has 0 aliphatic heterocycles. The maximum absolute atomic E-state index is 2.53. The van der Waals surface area contributed by atoms with Crippen molar-refractivity contribution in [3.8, 4) is 33.9 Å². The van der Waals surface area contributed by atoms with Gasteiger partial charge in [0, 0.05) is 77.6 Å². The molecule has 0 radical (unpaired) electrons. The third kappa shape index (κ3) is 6.30. The van der Waals surface area contributed by atoms with Gasteiger partial charge in [0.25, 0.3) is 0 Å². The van der Waals surface area contributed by atoms with Gasteiger partial charge in [0.15, 0.2) is 0 Å². The third-order valence-electron chi connectivity index (χ3n) is 16.6. The summed E-state index contributed by atoms with van der Waals surface area (Å²) in [5.41, 5.74) is 22.5. The molecule has 0 bridgehead atoms. The first-order valence-electron chi connectivity index (χ1n) is 26.5. The molecule has 2 aliphatic carbocycles. The first kappa shape index (κ1) is 42.2. The molecule has 4 nitrogen and oxygen atoms in total. The van der Waals surface area contributed by atoms with Gasteiger partial charge in [-0.15, -0.1) is 0 Å². The van der Waals surface area contributed by atoms with E-state index in [0.717, 1.165) is 24.2 Å². The van der Waals surface area contributed by atoms with Crippen LogP contribution in [0.1, 0.15) is 40.8 Å². The van der Waals surface area contributed by atoms with Crippen LogP contribution in [0.2, 0.25) is 0 Å².